The predicted octanol–water partition coefficient (Wildman–Crippen LogP) is 3.50. The molecule has 0 saturated heterocycles. The van der Waals surface area contributed by atoms with Gasteiger partial charge in [0.2, 0.25) is 5.91 Å². The molecule has 0 heterocycles. The molecule has 0 radical (unpaired) electrons. The Labute approximate surface area is 279 Å². The molecular weight excluding hydrogens is 608 g/mol. The first kappa shape index (κ1) is 43.7. The number of unbranched alkanes of at least 4 members (excludes halogenated alkanes) is 1. The van der Waals surface area contributed by atoms with E-state index in [0.29, 0.717) is 43.6 Å². The van der Waals surface area contributed by atoms with E-state index in [9.17, 15) is 29.4 Å². The summed E-state index contributed by atoms with van der Waals surface area (Å²) < 4.78 is 9.78. The lowest BCUT2D eigenvalue weighted by Crippen LogP contribution is -2.41. The first-order valence-corrected chi connectivity index (χ1v) is 16.2. The van der Waals surface area contributed by atoms with Crippen LogP contribution in [0.15, 0.2) is 30.5 Å². The van der Waals surface area contributed by atoms with Crippen LogP contribution in [0, 0.1) is 29.1 Å². The Morgan fingerprint density at radius 3 is 2.19 bits per heavy atom. The molecule has 0 fully saturated rings. The summed E-state index contributed by atoms with van der Waals surface area (Å²) >= 11 is 0. The van der Waals surface area contributed by atoms with Crippen LogP contribution in [0.3, 0.4) is 0 Å². The molecule has 0 saturated carbocycles. The number of primary amides is 1. The zero-order chi connectivity index (χ0) is 36.2. The highest BCUT2D eigenvalue weighted by Gasteiger charge is 2.32. The number of carboxylic acids is 1. The molecule has 0 aromatic heterocycles. The van der Waals surface area contributed by atoms with E-state index < -0.39 is 29.4 Å². The number of rotatable bonds is 23. The molecule has 0 bridgehead atoms. The van der Waals surface area contributed by atoms with Crippen LogP contribution in [0.25, 0.3) is 0 Å². The number of hydrogen-bond acceptors (Lipinski definition) is 10. The summed E-state index contributed by atoms with van der Waals surface area (Å²) in [5, 5.41) is 37.6. The van der Waals surface area contributed by atoms with E-state index in [-0.39, 0.29) is 56.1 Å². The third-order valence-electron chi connectivity index (χ3n) is 8.34. The van der Waals surface area contributed by atoms with Gasteiger partial charge >= 0.3 is 5.97 Å². The molecule has 1 rings (SSSR count). The molecule has 12 nitrogen and oxygen atoms in total. The minimum absolute atomic E-state index is 0.0291. The number of carbonyl (C=O) groups excluding carboxylic acids is 3. The fraction of sp³-hybridized carbons (Fsp3) is 0.657. The number of aliphatic carboxylic acids is 1. The molecule has 12 heteroatoms. The average Bonchev–Trinajstić information content (AvgIpc) is 3.00. The van der Waals surface area contributed by atoms with E-state index >= 15 is 0 Å². The topological polar surface area (TPSA) is 220 Å². The Kier molecular flexibility index (Phi) is 21.4. The van der Waals surface area contributed by atoms with Crippen molar-refractivity contribution >= 4 is 24.1 Å². The van der Waals surface area contributed by atoms with Crippen LogP contribution in [-0.4, -0.2) is 69.9 Å². The van der Waals surface area contributed by atoms with Crippen molar-refractivity contribution in [3.63, 3.8) is 0 Å². The van der Waals surface area contributed by atoms with Gasteiger partial charge in [0.05, 0.1) is 25.4 Å². The first-order valence-electron chi connectivity index (χ1n) is 16.2. The number of aliphatic hydroxyl groups is 3. The van der Waals surface area contributed by atoms with E-state index in [4.69, 9.17) is 26.4 Å². The molecular formula is C35H58N2O10. The molecule has 0 unspecified atom stereocenters. The van der Waals surface area contributed by atoms with Gasteiger partial charge in [0.1, 0.15) is 17.8 Å². The average molecular weight is 667 g/mol. The van der Waals surface area contributed by atoms with Crippen LogP contribution < -0.4 is 16.2 Å². The van der Waals surface area contributed by atoms with Crippen molar-refractivity contribution in [3.8, 4) is 5.75 Å². The normalized spacial score (nSPS) is 14.2. The number of ketones is 1. The molecule has 47 heavy (non-hydrogen) atoms. The molecule has 0 spiro atoms. The van der Waals surface area contributed by atoms with Crippen LogP contribution in [0.5, 0.6) is 5.75 Å². The third-order valence-corrected chi connectivity index (χ3v) is 8.34. The monoisotopic (exact) mass is 666 g/mol. The Bertz CT molecular complexity index is 1120. The largest absolute Gasteiger partial charge is 0.493 e. The second kappa shape index (κ2) is 23.1. The Morgan fingerprint density at radius 2 is 1.68 bits per heavy atom. The number of carboxylic acid groups (broad SMARTS) is 1. The van der Waals surface area contributed by atoms with Gasteiger partial charge in [-0.05, 0) is 67.9 Å². The zero-order valence-electron chi connectivity index (χ0n) is 28.9. The van der Waals surface area contributed by atoms with Gasteiger partial charge in [0.25, 0.3) is 6.47 Å². The van der Waals surface area contributed by atoms with Crippen molar-refractivity contribution in [2.45, 2.75) is 105 Å². The molecule has 0 aliphatic rings. The quantitative estimate of drug-likeness (QED) is 0.0429. The van der Waals surface area contributed by atoms with E-state index in [0.717, 1.165) is 30.2 Å². The minimum Gasteiger partial charge on any atom is -0.493 e. The molecule has 0 aliphatic carbocycles. The van der Waals surface area contributed by atoms with Crippen molar-refractivity contribution in [1.29, 1.82) is 0 Å². The van der Waals surface area contributed by atoms with Gasteiger partial charge in [-0.1, -0.05) is 53.7 Å². The molecule has 268 valence electrons. The van der Waals surface area contributed by atoms with E-state index in [2.05, 4.69) is 18.6 Å². The Hall–Kier alpha value is -3.32. The van der Waals surface area contributed by atoms with E-state index in [1.807, 2.05) is 32.0 Å². The lowest BCUT2D eigenvalue weighted by molar-refractivity contribution is -0.132. The zero-order valence-corrected chi connectivity index (χ0v) is 28.9. The SMILES string of the molecule is CC(C)[C@@H](Cc1ccc(CO)c(OCCCCO)c1)C[C@H](N)[C@@H](O)C[C@H](C(=O)CCC(C)(C)C(N)=O)C(C)C.O=CO/C=C/C(=O)O. The van der Waals surface area contributed by atoms with Gasteiger partial charge < -0.3 is 41.4 Å². The minimum atomic E-state index is -1.15. The van der Waals surface area contributed by atoms with Crippen LogP contribution in [0.2, 0.25) is 0 Å². The summed E-state index contributed by atoms with van der Waals surface area (Å²) in [6.07, 6.45) is 4.32. The van der Waals surface area contributed by atoms with Gasteiger partial charge in [-0.3, -0.25) is 14.4 Å². The summed E-state index contributed by atoms with van der Waals surface area (Å²) in [6, 6.07) is 5.34. The second-order valence-corrected chi connectivity index (χ2v) is 13.2. The fourth-order valence-corrected chi connectivity index (χ4v) is 4.87. The fourth-order valence-electron chi connectivity index (χ4n) is 4.87. The van der Waals surface area contributed by atoms with Gasteiger partial charge in [0.15, 0.2) is 0 Å². The number of hydrogen-bond donors (Lipinski definition) is 6. The maximum absolute atomic E-state index is 13.0. The van der Waals surface area contributed by atoms with Crippen LogP contribution in [0.1, 0.15) is 91.2 Å². The number of amides is 1. The molecule has 1 aromatic rings. The smallest absolute Gasteiger partial charge is 0.331 e. The lowest BCUT2D eigenvalue weighted by Gasteiger charge is -2.30. The molecule has 1 aromatic carbocycles. The highest BCUT2D eigenvalue weighted by Crippen LogP contribution is 2.30. The summed E-state index contributed by atoms with van der Waals surface area (Å²) in [5.41, 5.74) is 13.0. The van der Waals surface area contributed by atoms with E-state index in [1.54, 1.807) is 13.8 Å². The summed E-state index contributed by atoms with van der Waals surface area (Å²) in [4.78, 5) is 43.6. The van der Waals surface area contributed by atoms with Crippen molar-refractivity contribution in [2.75, 3.05) is 13.2 Å². The number of aliphatic hydroxyl groups excluding tert-OH is 3. The molecule has 1 amide bonds. The number of ether oxygens (including phenoxy) is 2. The highest BCUT2D eigenvalue weighted by molar-refractivity contribution is 5.84. The number of benzene rings is 1. The van der Waals surface area contributed by atoms with Crippen molar-refractivity contribution < 1.29 is 49.1 Å². The first-order chi connectivity index (χ1) is 22.0. The molecule has 4 atom stereocenters. The second-order valence-electron chi connectivity index (χ2n) is 13.2. The van der Waals surface area contributed by atoms with Gasteiger partial charge in [-0.25, -0.2) is 4.79 Å². The maximum Gasteiger partial charge on any atom is 0.331 e. The van der Waals surface area contributed by atoms with Crippen molar-refractivity contribution in [1.82, 2.24) is 0 Å². The van der Waals surface area contributed by atoms with Gasteiger partial charge in [0, 0.05) is 36.0 Å². The predicted molar refractivity (Wildman–Crippen MR) is 179 cm³/mol. The maximum atomic E-state index is 13.0. The third kappa shape index (κ3) is 18.0. The van der Waals surface area contributed by atoms with Crippen LogP contribution in [-0.2, 0) is 36.9 Å². The van der Waals surface area contributed by atoms with Gasteiger partial charge in [-0.15, -0.1) is 0 Å². The van der Waals surface area contributed by atoms with Crippen molar-refractivity contribution in [3.05, 3.63) is 41.7 Å². The number of nitrogens with two attached hydrogens (primary N) is 2. The lowest BCUT2D eigenvalue weighted by atomic mass is 9.78. The number of Topliss-reactive ketones (excluding diaryl/α,β-unsaturated/α-hetero) is 1. The summed E-state index contributed by atoms with van der Waals surface area (Å²) in [5.74, 6) is -0.688. The van der Waals surface area contributed by atoms with Crippen molar-refractivity contribution in [2.24, 2.45) is 40.6 Å². The standard InChI is InChI=1S/C31H54N2O6.C4H4O4/c1-20(2)24(15-22-9-10-23(19-35)29(16-22)39-14-8-7-13-34)17-26(32)28(37)18-25(21(3)4)27(36)11-12-31(5,6)30(33)38;5-3-8-2-1-4(6)7/h9-10,16,20-21,24-26,28,34-35,37H,7-8,11-15,17-19,32H2,1-6H3,(H2,33,38);1-3H,(H,6,7)/b;2-1+/t24-,25-,26-,28-;/m0./s1. The Balaban J connectivity index is 0.00000233. The number of carbonyl (C=O) groups is 4. The molecule has 8 N–H and O–H groups in total. The summed E-state index contributed by atoms with van der Waals surface area (Å²) in [7, 11) is 0. The Morgan fingerprint density at radius 1 is 1.02 bits per heavy atom. The highest BCUT2D eigenvalue weighted by atomic mass is 16.5. The van der Waals surface area contributed by atoms with Crippen LogP contribution >= 0.6 is 0 Å². The molecule has 0 aliphatic heterocycles. The van der Waals surface area contributed by atoms with E-state index in [1.165, 1.54) is 0 Å². The summed E-state index contributed by atoms with van der Waals surface area (Å²) in [6.45, 7) is 12.3. The van der Waals surface area contributed by atoms with Crippen LogP contribution in [0.4, 0.5) is 0 Å². The van der Waals surface area contributed by atoms with Gasteiger partial charge in [-0.2, -0.15) is 0 Å².